The zero-order chi connectivity index (χ0) is 57.3. The molecule has 1 aliphatic carbocycles. The molecule has 85 heavy (non-hydrogen) atoms. The van der Waals surface area contributed by atoms with Gasteiger partial charge in [-0.25, -0.2) is 0 Å². The molecule has 2 heterocycles. The first-order valence-electron chi connectivity index (χ1n) is 29.7. The lowest BCUT2D eigenvalue weighted by molar-refractivity contribution is 0.964. The third kappa shape index (κ3) is 7.85. The number of nitrogens with zero attached hydrogens (tertiary/aromatic N) is 2. The van der Waals surface area contributed by atoms with Crippen molar-refractivity contribution in [2.75, 3.05) is 9.80 Å². The fraction of sp³-hybridized carbons (Fsp3) is 0.0886. The van der Waals surface area contributed by atoms with Gasteiger partial charge in [-0.15, -0.1) is 22.7 Å². The van der Waals surface area contributed by atoms with Gasteiger partial charge in [0.1, 0.15) is 0 Å². The Morgan fingerprint density at radius 3 is 1.27 bits per heavy atom. The van der Waals surface area contributed by atoms with Crippen molar-refractivity contribution in [3.05, 3.63) is 278 Å². The van der Waals surface area contributed by atoms with Crippen LogP contribution in [-0.2, 0) is 4.66 Å². The van der Waals surface area contributed by atoms with Gasteiger partial charge in [-0.1, -0.05) is 221 Å². The minimum absolute atomic E-state index is 0.165. The van der Waals surface area contributed by atoms with E-state index in [9.17, 15) is 0 Å². The summed E-state index contributed by atoms with van der Waals surface area (Å²) in [4.78, 5) is 4.94. The van der Waals surface area contributed by atoms with E-state index >= 15 is 0 Å². The second kappa shape index (κ2) is 19.6. The Morgan fingerprint density at radius 2 is 0.718 bits per heavy atom. The lowest BCUT2D eigenvalue weighted by atomic mass is 9.87. The molecule has 0 unspecified atom stereocenters. The van der Waals surface area contributed by atoms with Gasteiger partial charge in [0, 0.05) is 58.4 Å². The van der Waals surface area contributed by atoms with Crippen molar-refractivity contribution in [1.82, 2.24) is 0 Å². The number of rotatable bonds is 10. The van der Waals surface area contributed by atoms with Gasteiger partial charge >= 0.3 is 0 Å². The summed E-state index contributed by atoms with van der Waals surface area (Å²) >= 11 is 3.77. The van der Waals surface area contributed by atoms with Crippen LogP contribution in [0, 0.1) is 0 Å². The van der Waals surface area contributed by atoms with Crippen LogP contribution in [0.3, 0.4) is 0 Å². The smallest absolute Gasteiger partial charge is 0.0640 e. The molecule has 408 valence electrons. The summed E-state index contributed by atoms with van der Waals surface area (Å²) in [5.41, 5.74) is 17.8. The van der Waals surface area contributed by atoms with E-state index in [1.54, 1.807) is 5.56 Å². The largest absolute Gasteiger partial charge is 0.309 e. The molecule has 2 nitrogen and oxygen atoms in total. The maximum atomic E-state index is 2.70. The van der Waals surface area contributed by atoms with Crippen LogP contribution in [0.5, 0.6) is 0 Å². The molecule has 0 N–H and O–H groups in total. The molecule has 0 aliphatic heterocycles. The van der Waals surface area contributed by atoms with Crippen LogP contribution in [0.15, 0.2) is 267 Å². The molecule has 0 saturated heterocycles. The molecule has 0 atom stereocenters. The van der Waals surface area contributed by atoms with Crippen LogP contribution >= 0.6 is 22.7 Å². The topological polar surface area (TPSA) is 6.48 Å². The Hall–Kier alpha value is -8.89. The minimum atomic E-state index is -2.23. The second-order valence-electron chi connectivity index (χ2n) is 25.1. The van der Waals surface area contributed by atoms with Crippen molar-refractivity contribution in [3.63, 3.8) is 0 Å². The van der Waals surface area contributed by atoms with Gasteiger partial charge in [0.2, 0.25) is 0 Å². The van der Waals surface area contributed by atoms with Crippen molar-refractivity contribution >= 4 is 146 Å². The molecule has 0 radical (unpaired) electrons. The fourth-order valence-corrected chi connectivity index (χ4v) is 30.9. The normalized spacial score (nSPS) is 13.2. The molecule has 1 aliphatic rings. The van der Waals surface area contributed by atoms with E-state index in [-0.39, 0.29) is 4.66 Å². The average molecular weight is 1160 g/mol. The van der Waals surface area contributed by atoms with Crippen molar-refractivity contribution in [2.24, 2.45) is 0 Å². The number of anilines is 6. The van der Waals surface area contributed by atoms with Crippen molar-refractivity contribution < 1.29 is 0 Å². The predicted octanol–water partition coefficient (Wildman–Crippen LogP) is 24.2. The van der Waals surface area contributed by atoms with Crippen LogP contribution in [0.25, 0.3) is 106 Å². The zero-order valence-corrected chi connectivity index (χ0v) is 52.2. The number of hydrogen-bond acceptors (Lipinski definition) is 4. The molecule has 0 amide bonds. The highest BCUT2D eigenvalue weighted by Crippen LogP contribution is 2.64. The highest BCUT2D eigenvalue weighted by atomic mass is 32.1. The second-order valence-corrected chi connectivity index (χ2v) is 38.2. The molecule has 0 fully saturated rings. The van der Waals surface area contributed by atoms with Gasteiger partial charge < -0.3 is 9.80 Å². The van der Waals surface area contributed by atoms with E-state index < -0.39 is 16.1 Å². The van der Waals surface area contributed by atoms with Gasteiger partial charge in [-0.2, -0.15) is 0 Å². The number of hydrogen-bond donors (Lipinski definition) is 0. The number of benzene rings is 13. The Labute approximate surface area is 507 Å². The first-order valence-corrected chi connectivity index (χ1v) is 38.4. The zero-order valence-electron chi connectivity index (χ0n) is 48.6. The first-order chi connectivity index (χ1) is 41.5. The third-order valence-electron chi connectivity index (χ3n) is 18.5. The Kier molecular flexibility index (Phi) is 11.9. The summed E-state index contributed by atoms with van der Waals surface area (Å²) in [7, 11) is -4.46. The summed E-state index contributed by atoms with van der Waals surface area (Å²) in [5.74, 6) is 0. The summed E-state index contributed by atoms with van der Waals surface area (Å²) in [5, 5.41) is 13.2. The van der Waals surface area contributed by atoms with E-state index in [1.807, 2.05) is 22.7 Å². The molecule has 0 saturated carbocycles. The Bertz CT molecular complexity index is 5170. The van der Waals surface area contributed by atoms with Gasteiger partial charge in [0.15, 0.2) is 0 Å². The predicted molar refractivity (Wildman–Crippen MR) is 378 cm³/mol. The molecule has 2 aromatic heterocycles. The fourth-order valence-electron chi connectivity index (χ4n) is 15.5. The van der Waals surface area contributed by atoms with Crippen LogP contribution in [-0.4, -0.2) is 16.1 Å². The van der Waals surface area contributed by atoms with E-state index in [0.29, 0.717) is 0 Å². The van der Waals surface area contributed by atoms with Gasteiger partial charge in [0.05, 0.1) is 36.9 Å². The minimum Gasteiger partial charge on any atom is -0.309 e. The van der Waals surface area contributed by atoms with Gasteiger partial charge in [0.25, 0.3) is 0 Å². The van der Waals surface area contributed by atoms with E-state index in [1.165, 1.54) is 123 Å². The highest BCUT2D eigenvalue weighted by Gasteiger charge is 2.60. The van der Waals surface area contributed by atoms with Gasteiger partial charge in [-0.05, 0) is 162 Å². The van der Waals surface area contributed by atoms with Crippen LogP contribution in [0.1, 0.15) is 11.1 Å². The standard InChI is InChI=1S/C79H62N2S2Si2/c1-84(2,3)79(85(4,5)6)69-50-67(53-26-22-32-57(48-53)81(55-29-11-8-12-30-55)71-42-24-40-66-61-36-18-20-44-73(61)83-78(66)71)58-33-13-15-37-62(58)74(69)75-63-38-16-14-34-59(63)68-49-52(45-46-64(68)76(75)79)51-25-21-31-56(47-51)80(54-27-9-7-10-28-54)70-41-23-39-65-60-35-17-19-43-72(60)82-77(65)70/h7-50H,1-6H3. The van der Waals surface area contributed by atoms with E-state index in [0.717, 1.165) is 22.7 Å². The van der Waals surface area contributed by atoms with Crippen molar-refractivity contribution in [1.29, 1.82) is 0 Å². The molecule has 15 aromatic rings. The lowest BCUT2D eigenvalue weighted by Crippen LogP contribution is -2.63. The molecule has 6 heteroatoms. The van der Waals surface area contributed by atoms with Crippen molar-refractivity contribution in [3.8, 4) is 33.4 Å². The maximum absolute atomic E-state index is 2.70. The molecular weight excluding hydrogens is 1100 g/mol. The van der Waals surface area contributed by atoms with Gasteiger partial charge in [-0.3, -0.25) is 0 Å². The molecule has 0 bridgehead atoms. The number of fused-ring (bicyclic) bond motifs is 16. The molecule has 16 rings (SSSR count). The molecule has 0 spiro atoms. The van der Waals surface area contributed by atoms with E-state index in [4.69, 9.17) is 0 Å². The number of thiophene rings is 2. The first kappa shape index (κ1) is 51.7. The Balaban J connectivity index is 0.898. The number of para-hydroxylation sites is 2. The SMILES string of the molecule is C[Si](C)(C)C1([Si](C)(C)C)c2cc(-c3cccc(N(c4ccccc4)c4cccc5c4sc4ccccc45)c3)c3ccccc3c2-c2c1c1ccc(-c3cccc(N(c4ccccc4)c4cccc5c4sc4ccccc45)c3)cc1c1ccccc21. The van der Waals surface area contributed by atoms with Crippen molar-refractivity contribution in [2.45, 2.75) is 43.9 Å². The Morgan fingerprint density at radius 1 is 0.294 bits per heavy atom. The molecule has 13 aromatic carbocycles. The molecular formula is C79H62N2S2Si2. The third-order valence-corrected chi connectivity index (χ3v) is 30.9. The quantitative estimate of drug-likeness (QED) is 0.0995. The highest BCUT2D eigenvalue weighted by molar-refractivity contribution is 7.26. The summed E-state index contributed by atoms with van der Waals surface area (Å²) in [6.45, 7) is 16.0. The van der Waals surface area contributed by atoms with Crippen LogP contribution < -0.4 is 9.80 Å². The summed E-state index contributed by atoms with van der Waals surface area (Å²) in [6, 6.07) is 101. The lowest BCUT2D eigenvalue weighted by Gasteiger charge is -2.51. The van der Waals surface area contributed by atoms with Crippen LogP contribution in [0.2, 0.25) is 39.3 Å². The maximum Gasteiger partial charge on any atom is 0.0640 e. The van der Waals surface area contributed by atoms with Crippen LogP contribution in [0.4, 0.5) is 34.1 Å². The summed E-state index contributed by atoms with van der Waals surface area (Å²) < 4.78 is 5.03. The average Bonchev–Trinajstić information content (AvgIpc) is 1.53. The monoisotopic (exact) mass is 1160 g/mol. The summed E-state index contributed by atoms with van der Waals surface area (Å²) in [6.07, 6.45) is 0. The van der Waals surface area contributed by atoms with E-state index in [2.05, 4.69) is 316 Å².